The predicted octanol–water partition coefficient (Wildman–Crippen LogP) is 4.39. The van der Waals surface area contributed by atoms with Gasteiger partial charge in [-0.3, -0.25) is 0 Å². The summed E-state index contributed by atoms with van der Waals surface area (Å²) >= 11 is 1.81. The van der Waals surface area contributed by atoms with Gasteiger partial charge in [0.1, 0.15) is 0 Å². The number of nitrogens with one attached hydrogen (secondary N) is 1. The molecule has 2 rings (SSSR count). The average molecular weight is 245 g/mol. The van der Waals surface area contributed by atoms with Crippen LogP contribution in [0.4, 0.5) is 0 Å². The van der Waals surface area contributed by atoms with Crippen LogP contribution in [0.25, 0.3) is 11.1 Å². The van der Waals surface area contributed by atoms with Crippen molar-refractivity contribution in [1.29, 1.82) is 0 Å². The van der Waals surface area contributed by atoms with E-state index in [0.717, 1.165) is 6.54 Å². The molecular formula is C15H19NS. The molecule has 0 saturated heterocycles. The van der Waals surface area contributed by atoms with Crippen LogP contribution in [0.1, 0.15) is 30.3 Å². The summed E-state index contributed by atoms with van der Waals surface area (Å²) in [4.78, 5) is 1.39. The van der Waals surface area contributed by atoms with Crippen LogP contribution < -0.4 is 5.32 Å². The predicted molar refractivity (Wildman–Crippen MR) is 76.6 cm³/mol. The molecule has 0 aliphatic carbocycles. The van der Waals surface area contributed by atoms with Gasteiger partial charge in [-0.05, 0) is 54.6 Å². The maximum atomic E-state index is 3.45. The minimum absolute atomic E-state index is 0.416. The third-order valence-corrected chi connectivity index (χ3v) is 3.91. The highest BCUT2D eigenvalue weighted by Crippen LogP contribution is 2.29. The monoisotopic (exact) mass is 245 g/mol. The summed E-state index contributed by atoms with van der Waals surface area (Å²) in [5.74, 6) is 0. The molecule has 1 nitrogen and oxygen atoms in total. The molecule has 17 heavy (non-hydrogen) atoms. The van der Waals surface area contributed by atoms with E-state index in [1.54, 1.807) is 0 Å². The van der Waals surface area contributed by atoms with Crippen molar-refractivity contribution < 1.29 is 0 Å². The maximum absolute atomic E-state index is 3.45. The molecule has 1 aromatic heterocycles. The van der Waals surface area contributed by atoms with Gasteiger partial charge < -0.3 is 5.32 Å². The van der Waals surface area contributed by atoms with Gasteiger partial charge in [0.05, 0.1) is 0 Å². The van der Waals surface area contributed by atoms with Crippen molar-refractivity contribution in [3.05, 3.63) is 46.2 Å². The first-order valence-electron chi connectivity index (χ1n) is 6.10. The van der Waals surface area contributed by atoms with Gasteiger partial charge in [-0.1, -0.05) is 25.1 Å². The Balaban J connectivity index is 2.32. The highest BCUT2D eigenvalue weighted by molar-refractivity contribution is 7.10. The molecule has 0 amide bonds. The third-order valence-electron chi connectivity index (χ3n) is 3.07. The van der Waals surface area contributed by atoms with Gasteiger partial charge in [-0.15, -0.1) is 11.3 Å². The van der Waals surface area contributed by atoms with Crippen LogP contribution in [-0.2, 0) is 0 Å². The lowest BCUT2D eigenvalue weighted by Gasteiger charge is -2.13. The number of rotatable bonds is 4. The molecule has 0 radical (unpaired) electrons. The van der Waals surface area contributed by atoms with E-state index < -0.39 is 0 Å². The lowest BCUT2D eigenvalue weighted by molar-refractivity contribution is 0.598. The Kier molecular flexibility index (Phi) is 3.97. The van der Waals surface area contributed by atoms with Crippen molar-refractivity contribution >= 4 is 11.3 Å². The third kappa shape index (κ3) is 2.76. The minimum atomic E-state index is 0.416. The quantitative estimate of drug-likeness (QED) is 0.842. The van der Waals surface area contributed by atoms with Crippen molar-refractivity contribution in [3.63, 3.8) is 0 Å². The number of hydrogen-bond donors (Lipinski definition) is 1. The Morgan fingerprint density at radius 3 is 2.76 bits per heavy atom. The molecule has 1 N–H and O–H groups in total. The summed E-state index contributed by atoms with van der Waals surface area (Å²) in [5.41, 5.74) is 4.04. The van der Waals surface area contributed by atoms with E-state index in [1.807, 2.05) is 11.3 Å². The number of thiophene rings is 1. The molecule has 1 unspecified atom stereocenters. The van der Waals surface area contributed by atoms with Crippen molar-refractivity contribution in [1.82, 2.24) is 5.32 Å². The largest absolute Gasteiger partial charge is 0.310 e. The van der Waals surface area contributed by atoms with E-state index in [9.17, 15) is 0 Å². The summed E-state index contributed by atoms with van der Waals surface area (Å²) in [6.45, 7) is 7.54. The van der Waals surface area contributed by atoms with Crippen molar-refractivity contribution in [2.75, 3.05) is 6.54 Å². The van der Waals surface area contributed by atoms with E-state index in [0.29, 0.717) is 6.04 Å². The lowest BCUT2D eigenvalue weighted by atomic mass is 10.0. The first-order valence-corrected chi connectivity index (χ1v) is 6.98. The Morgan fingerprint density at radius 2 is 2.12 bits per heavy atom. The summed E-state index contributed by atoms with van der Waals surface area (Å²) < 4.78 is 0. The highest BCUT2D eigenvalue weighted by atomic mass is 32.1. The molecule has 2 heteroatoms. The number of aryl methyl sites for hydroxylation is 1. The fourth-order valence-corrected chi connectivity index (χ4v) is 2.81. The van der Waals surface area contributed by atoms with Crippen LogP contribution in [-0.4, -0.2) is 6.54 Å². The van der Waals surface area contributed by atoms with E-state index in [2.05, 4.69) is 61.8 Å². The first kappa shape index (κ1) is 12.3. The Bertz CT molecular complexity index is 487. The maximum Gasteiger partial charge on any atom is 0.0291 e. The Labute approximate surface area is 108 Å². The van der Waals surface area contributed by atoms with Crippen LogP contribution in [0.5, 0.6) is 0 Å². The van der Waals surface area contributed by atoms with Gasteiger partial charge in [0.2, 0.25) is 0 Å². The van der Waals surface area contributed by atoms with E-state index in [4.69, 9.17) is 0 Å². The first-order chi connectivity index (χ1) is 8.22. The summed E-state index contributed by atoms with van der Waals surface area (Å²) in [7, 11) is 0. The summed E-state index contributed by atoms with van der Waals surface area (Å²) in [6.07, 6.45) is 0. The number of benzene rings is 1. The van der Waals surface area contributed by atoms with Crippen molar-refractivity contribution in [3.8, 4) is 11.1 Å². The molecule has 0 saturated carbocycles. The normalized spacial score (nSPS) is 12.6. The number of hydrogen-bond acceptors (Lipinski definition) is 2. The van der Waals surface area contributed by atoms with Gasteiger partial charge in [-0.25, -0.2) is 0 Å². The Morgan fingerprint density at radius 1 is 1.29 bits per heavy atom. The molecule has 90 valence electrons. The van der Waals surface area contributed by atoms with Gasteiger partial charge in [0.25, 0.3) is 0 Å². The van der Waals surface area contributed by atoms with Crippen molar-refractivity contribution in [2.45, 2.75) is 26.8 Å². The SMILES string of the molecule is CCNC(C)c1cccc(-c2ccsc2C)c1. The van der Waals surface area contributed by atoms with Crippen LogP contribution >= 0.6 is 11.3 Å². The second kappa shape index (κ2) is 5.48. The second-order valence-corrected chi connectivity index (χ2v) is 5.42. The Hall–Kier alpha value is -1.12. The van der Waals surface area contributed by atoms with Crippen LogP contribution in [0, 0.1) is 6.92 Å². The average Bonchev–Trinajstić information content (AvgIpc) is 2.76. The van der Waals surface area contributed by atoms with E-state index in [-0.39, 0.29) is 0 Å². The van der Waals surface area contributed by atoms with Crippen LogP contribution in [0.15, 0.2) is 35.7 Å². The fraction of sp³-hybridized carbons (Fsp3) is 0.333. The molecule has 1 heterocycles. The molecule has 0 aliphatic heterocycles. The minimum Gasteiger partial charge on any atom is -0.310 e. The van der Waals surface area contributed by atoms with Gasteiger partial charge >= 0.3 is 0 Å². The zero-order valence-electron chi connectivity index (χ0n) is 10.7. The topological polar surface area (TPSA) is 12.0 Å². The van der Waals surface area contributed by atoms with Gasteiger partial charge in [0.15, 0.2) is 0 Å². The smallest absolute Gasteiger partial charge is 0.0291 e. The lowest BCUT2D eigenvalue weighted by Crippen LogP contribution is -2.17. The molecule has 1 atom stereocenters. The zero-order chi connectivity index (χ0) is 12.3. The van der Waals surface area contributed by atoms with E-state index >= 15 is 0 Å². The van der Waals surface area contributed by atoms with Crippen LogP contribution in [0.2, 0.25) is 0 Å². The fourth-order valence-electron chi connectivity index (χ4n) is 2.08. The standard InChI is InChI=1S/C15H19NS/c1-4-16-11(2)13-6-5-7-14(10-13)15-8-9-17-12(15)3/h5-11,16H,4H2,1-3H3. The zero-order valence-corrected chi connectivity index (χ0v) is 11.5. The molecule has 2 aromatic rings. The second-order valence-electron chi connectivity index (χ2n) is 4.30. The molecule has 0 spiro atoms. The molecular weight excluding hydrogens is 226 g/mol. The van der Waals surface area contributed by atoms with Crippen molar-refractivity contribution in [2.24, 2.45) is 0 Å². The van der Waals surface area contributed by atoms with Gasteiger partial charge in [-0.2, -0.15) is 0 Å². The molecule has 0 fully saturated rings. The van der Waals surface area contributed by atoms with Gasteiger partial charge in [0, 0.05) is 10.9 Å². The molecule has 1 aromatic carbocycles. The van der Waals surface area contributed by atoms with Crippen LogP contribution in [0.3, 0.4) is 0 Å². The molecule has 0 bridgehead atoms. The van der Waals surface area contributed by atoms with E-state index in [1.165, 1.54) is 21.6 Å². The molecule has 0 aliphatic rings. The summed E-state index contributed by atoms with van der Waals surface area (Å²) in [6, 6.07) is 11.4. The highest BCUT2D eigenvalue weighted by Gasteiger charge is 2.07. The summed E-state index contributed by atoms with van der Waals surface area (Å²) in [5, 5.41) is 5.61.